The van der Waals surface area contributed by atoms with Crippen molar-refractivity contribution in [3.05, 3.63) is 27.2 Å². The zero-order valence-electron chi connectivity index (χ0n) is 16.4. The Kier molecular flexibility index (Phi) is 7.41. The fourth-order valence-corrected chi connectivity index (χ4v) is 3.00. The van der Waals surface area contributed by atoms with Crippen molar-refractivity contribution in [3.8, 4) is 0 Å². The number of carbonyl (C=O) groups excluding carboxylic acids is 1. The Bertz CT molecular complexity index is 840. The third-order valence-corrected chi connectivity index (χ3v) is 4.98. The summed E-state index contributed by atoms with van der Waals surface area (Å²) >= 11 is 0. The van der Waals surface area contributed by atoms with E-state index in [-0.39, 0.29) is 36.3 Å². The third-order valence-electron chi connectivity index (χ3n) is 4.98. The van der Waals surface area contributed by atoms with Crippen LogP contribution in [-0.4, -0.2) is 45.2 Å². The highest BCUT2D eigenvalue weighted by atomic mass is 35.5. The lowest BCUT2D eigenvalue weighted by Crippen LogP contribution is -2.35. The highest BCUT2D eigenvalue weighted by Crippen LogP contribution is 2.20. The van der Waals surface area contributed by atoms with Crippen molar-refractivity contribution in [1.29, 1.82) is 0 Å². The molecule has 2 aromatic heterocycles. The number of fused-ring (bicyclic) bond motifs is 1. The first-order valence-corrected chi connectivity index (χ1v) is 8.67. The largest absolute Gasteiger partial charge is 0.345 e. The number of nitrogens with zero attached hydrogens (tertiary/aromatic N) is 3. The van der Waals surface area contributed by atoms with E-state index in [2.05, 4.69) is 23.9 Å². The number of amides is 1. The average Bonchev–Trinajstić information content (AvgIpc) is 2.82. The van der Waals surface area contributed by atoms with Crippen LogP contribution in [0.15, 0.2) is 4.79 Å². The van der Waals surface area contributed by atoms with E-state index in [4.69, 9.17) is 5.73 Å². The number of carbonyl (C=O) groups is 1. The second kappa shape index (κ2) is 8.68. The molecule has 146 valence electrons. The standard InChI is InChI=1S/C18H29N5O2.ClH/c1-10(2)14(19)7-8-22(5)15(24)9-13-11(3)16-17(20-12(13)4)23(6)21-18(16)25;/h10,14H,7-9,19H2,1-6H3,(H,21,25);1H. The molecular formula is C18H30ClN5O2. The summed E-state index contributed by atoms with van der Waals surface area (Å²) in [6, 6.07) is 0.0830. The number of nitrogens with two attached hydrogens (primary N) is 1. The minimum Gasteiger partial charge on any atom is -0.345 e. The smallest absolute Gasteiger partial charge is 0.273 e. The molecule has 0 spiro atoms. The quantitative estimate of drug-likeness (QED) is 0.792. The lowest BCUT2D eigenvalue weighted by Gasteiger charge is -2.22. The van der Waals surface area contributed by atoms with Crippen molar-refractivity contribution in [2.24, 2.45) is 18.7 Å². The Morgan fingerprint density at radius 3 is 2.54 bits per heavy atom. The van der Waals surface area contributed by atoms with Gasteiger partial charge in [-0.05, 0) is 37.3 Å². The molecule has 1 atom stereocenters. The molecule has 2 heterocycles. The molecule has 2 aromatic rings. The number of likely N-dealkylation sites (N-methyl/N-ethyl adjacent to an activating group) is 1. The lowest BCUT2D eigenvalue weighted by atomic mass is 10.0. The highest BCUT2D eigenvalue weighted by Gasteiger charge is 2.19. The van der Waals surface area contributed by atoms with Gasteiger partial charge in [-0.25, -0.2) is 4.98 Å². The van der Waals surface area contributed by atoms with Gasteiger partial charge in [0.05, 0.1) is 11.8 Å². The molecule has 1 amide bonds. The molecule has 0 aliphatic rings. The van der Waals surface area contributed by atoms with Crippen LogP contribution in [0.1, 0.15) is 37.1 Å². The second-order valence-corrected chi connectivity index (χ2v) is 7.19. The molecule has 0 fully saturated rings. The van der Waals surface area contributed by atoms with E-state index in [1.54, 1.807) is 23.7 Å². The van der Waals surface area contributed by atoms with Gasteiger partial charge >= 0.3 is 0 Å². The molecule has 1 unspecified atom stereocenters. The number of nitrogens with one attached hydrogen (secondary N) is 1. The van der Waals surface area contributed by atoms with Crippen LogP contribution >= 0.6 is 12.4 Å². The van der Waals surface area contributed by atoms with Crippen molar-refractivity contribution < 1.29 is 4.79 Å². The predicted molar refractivity (Wildman–Crippen MR) is 107 cm³/mol. The van der Waals surface area contributed by atoms with Crippen LogP contribution in [0.2, 0.25) is 0 Å². The molecule has 0 aliphatic heterocycles. The van der Waals surface area contributed by atoms with Crippen LogP contribution in [0.3, 0.4) is 0 Å². The minimum absolute atomic E-state index is 0. The van der Waals surface area contributed by atoms with E-state index in [0.29, 0.717) is 23.5 Å². The molecule has 0 aromatic carbocycles. The predicted octanol–water partition coefficient (Wildman–Crippen LogP) is 1.67. The van der Waals surface area contributed by atoms with Crippen LogP contribution in [0.5, 0.6) is 0 Å². The van der Waals surface area contributed by atoms with Gasteiger partial charge in [-0.15, -0.1) is 12.4 Å². The minimum atomic E-state index is -0.174. The molecule has 0 radical (unpaired) electrons. The van der Waals surface area contributed by atoms with Gasteiger partial charge in [0.2, 0.25) is 5.91 Å². The Labute approximate surface area is 160 Å². The van der Waals surface area contributed by atoms with Gasteiger partial charge in [-0.3, -0.25) is 19.4 Å². The van der Waals surface area contributed by atoms with Gasteiger partial charge in [0.25, 0.3) is 5.56 Å². The topological polar surface area (TPSA) is 97.0 Å². The van der Waals surface area contributed by atoms with Crippen LogP contribution < -0.4 is 11.3 Å². The van der Waals surface area contributed by atoms with E-state index >= 15 is 0 Å². The maximum atomic E-state index is 12.6. The molecule has 0 saturated carbocycles. The molecule has 0 aliphatic carbocycles. The normalized spacial score (nSPS) is 12.3. The van der Waals surface area contributed by atoms with Gasteiger partial charge < -0.3 is 10.6 Å². The Hall–Kier alpha value is -1.86. The third kappa shape index (κ3) is 4.45. The molecule has 8 heteroatoms. The maximum absolute atomic E-state index is 12.6. The summed E-state index contributed by atoms with van der Waals surface area (Å²) in [7, 11) is 3.55. The van der Waals surface area contributed by atoms with E-state index in [0.717, 1.165) is 23.2 Å². The molecule has 3 N–H and O–H groups in total. The van der Waals surface area contributed by atoms with Crippen LogP contribution in [0, 0.1) is 19.8 Å². The SMILES string of the molecule is Cc1nc2c(c(C)c1CC(=O)N(C)CCC(N)C(C)C)c(=O)[nH]n2C.Cl. The fraction of sp³-hybridized carbons (Fsp3) is 0.611. The summed E-state index contributed by atoms with van der Waals surface area (Å²) in [5, 5.41) is 3.28. The number of pyridine rings is 1. The number of aromatic nitrogens is 3. The molecule has 7 nitrogen and oxygen atoms in total. The monoisotopic (exact) mass is 383 g/mol. The average molecular weight is 384 g/mol. The number of halogens is 1. The first kappa shape index (κ1) is 22.2. The summed E-state index contributed by atoms with van der Waals surface area (Å²) in [6.07, 6.45) is 1.01. The van der Waals surface area contributed by atoms with Crippen molar-refractivity contribution in [3.63, 3.8) is 0 Å². The van der Waals surface area contributed by atoms with Crippen molar-refractivity contribution in [2.75, 3.05) is 13.6 Å². The number of H-pyrrole nitrogens is 1. The lowest BCUT2D eigenvalue weighted by molar-refractivity contribution is -0.129. The first-order chi connectivity index (χ1) is 11.6. The summed E-state index contributed by atoms with van der Waals surface area (Å²) in [5.41, 5.74) is 8.93. The van der Waals surface area contributed by atoms with E-state index in [1.165, 1.54) is 0 Å². The Morgan fingerprint density at radius 1 is 1.35 bits per heavy atom. The second-order valence-electron chi connectivity index (χ2n) is 7.19. The molecule has 2 rings (SSSR count). The van der Waals surface area contributed by atoms with Crippen LogP contribution in [0.4, 0.5) is 0 Å². The van der Waals surface area contributed by atoms with Crippen molar-refractivity contribution in [1.82, 2.24) is 19.7 Å². The zero-order chi connectivity index (χ0) is 18.9. The number of rotatable bonds is 6. The zero-order valence-corrected chi connectivity index (χ0v) is 17.2. The fourth-order valence-electron chi connectivity index (χ4n) is 3.00. The summed E-state index contributed by atoms with van der Waals surface area (Å²) < 4.78 is 1.61. The number of hydrogen-bond donors (Lipinski definition) is 2. The molecule has 0 saturated heterocycles. The van der Waals surface area contributed by atoms with Gasteiger partial charge in [0.1, 0.15) is 0 Å². The molecule has 0 bridgehead atoms. The Morgan fingerprint density at radius 2 is 1.96 bits per heavy atom. The summed E-state index contributed by atoms with van der Waals surface area (Å²) in [4.78, 5) is 30.9. The van der Waals surface area contributed by atoms with Gasteiger partial charge in [-0.2, -0.15) is 0 Å². The molecule has 26 heavy (non-hydrogen) atoms. The Balaban J connectivity index is 0.00000338. The molecular weight excluding hydrogens is 354 g/mol. The summed E-state index contributed by atoms with van der Waals surface area (Å²) in [6.45, 7) is 8.54. The first-order valence-electron chi connectivity index (χ1n) is 8.67. The number of hydrogen-bond acceptors (Lipinski definition) is 4. The summed E-state index contributed by atoms with van der Waals surface area (Å²) in [5.74, 6) is 0.403. The highest BCUT2D eigenvalue weighted by molar-refractivity contribution is 5.85. The maximum Gasteiger partial charge on any atom is 0.273 e. The van der Waals surface area contributed by atoms with E-state index < -0.39 is 0 Å². The van der Waals surface area contributed by atoms with Crippen molar-refractivity contribution in [2.45, 2.75) is 46.6 Å². The van der Waals surface area contributed by atoms with Gasteiger partial charge in [-0.1, -0.05) is 13.8 Å². The van der Waals surface area contributed by atoms with Gasteiger partial charge in [0, 0.05) is 32.4 Å². The van der Waals surface area contributed by atoms with Crippen LogP contribution in [0.25, 0.3) is 11.0 Å². The number of aryl methyl sites for hydroxylation is 3. The van der Waals surface area contributed by atoms with Crippen molar-refractivity contribution >= 4 is 29.3 Å². The van der Waals surface area contributed by atoms with Gasteiger partial charge in [0.15, 0.2) is 5.65 Å². The van der Waals surface area contributed by atoms with E-state index in [9.17, 15) is 9.59 Å². The van der Waals surface area contributed by atoms with Crippen LogP contribution in [-0.2, 0) is 18.3 Å². The number of aromatic amines is 1. The van der Waals surface area contributed by atoms with E-state index in [1.807, 2.05) is 13.8 Å².